The van der Waals surface area contributed by atoms with Gasteiger partial charge in [0.25, 0.3) is 0 Å². The lowest BCUT2D eigenvalue weighted by Gasteiger charge is -2.10. The molecule has 100 valence electrons. The standard InChI is InChI=1S/C12H12ClF3OS/c1-2-8-3-4-11(18-12(14,15)16)6-9(8)5-10(17)7-13/h3-4,6H,2,5,7H2,1H3. The molecule has 0 aliphatic rings. The Bertz CT molecular complexity index is 432. The summed E-state index contributed by atoms with van der Waals surface area (Å²) in [5.74, 6) is -0.319. The normalized spacial score (nSPS) is 11.6. The van der Waals surface area contributed by atoms with Crippen molar-refractivity contribution >= 4 is 29.1 Å². The topological polar surface area (TPSA) is 17.1 Å². The molecular weight excluding hydrogens is 285 g/mol. The number of ketones is 1. The quantitative estimate of drug-likeness (QED) is 0.598. The third-order valence-electron chi connectivity index (χ3n) is 2.33. The molecule has 6 heteroatoms. The molecule has 1 nitrogen and oxygen atoms in total. The minimum Gasteiger partial charge on any atom is -0.298 e. The number of Topliss-reactive ketones (excluding diaryl/α,β-unsaturated/α-hetero) is 1. The summed E-state index contributed by atoms with van der Waals surface area (Å²) >= 11 is 5.23. The maximum atomic E-state index is 12.3. The summed E-state index contributed by atoms with van der Waals surface area (Å²) in [6, 6.07) is 4.47. The summed E-state index contributed by atoms with van der Waals surface area (Å²) < 4.78 is 36.8. The Labute approximate surface area is 113 Å². The van der Waals surface area contributed by atoms with Crippen molar-refractivity contribution in [3.8, 4) is 0 Å². The lowest BCUT2D eigenvalue weighted by molar-refractivity contribution is -0.116. The Morgan fingerprint density at radius 2 is 2.00 bits per heavy atom. The van der Waals surface area contributed by atoms with Gasteiger partial charge in [-0.1, -0.05) is 13.0 Å². The Morgan fingerprint density at radius 3 is 2.50 bits per heavy atom. The number of hydrogen-bond acceptors (Lipinski definition) is 2. The predicted octanol–water partition coefficient (Wildman–Crippen LogP) is 4.21. The maximum absolute atomic E-state index is 12.3. The third kappa shape index (κ3) is 4.90. The summed E-state index contributed by atoms with van der Waals surface area (Å²) in [5, 5.41) is 0. The van der Waals surface area contributed by atoms with Gasteiger partial charge in [-0.25, -0.2) is 0 Å². The van der Waals surface area contributed by atoms with Crippen molar-refractivity contribution in [1.82, 2.24) is 0 Å². The molecule has 0 spiro atoms. The van der Waals surface area contributed by atoms with Crippen LogP contribution in [0.2, 0.25) is 0 Å². The Hall–Kier alpha value is -0.680. The molecule has 0 saturated carbocycles. The van der Waals surface area contributed by atoms with Gasteiger partial charge in [0.05, 0.1) is 5.88 Å². The van der Waals surface area contributed by atoms with Gasteiger partial charge in [0.15, 0.2) is 5.78 Å². The van der Waals surface area contributed by atoms with Crippen LogP contribution in [0.4, 0.5) is 13.2 Å². The predicted molar refractivity (Wildman–Crippen MR) is 67.2 cm³/mol. The van der Waals surface area contributed by atoms with E-state index >= 15 is 0 Å². The molecule has 1 rings (SSSR count). The lowest BCUT2D eigenvalue weighted by atomic mass is 10.0. The van der Waals surface area contributed by atoms with E-state index in [2.05, 4.69) is 0 Å². The van der Waals surface area contributed by atoms with Crippen molar-refractivity contribution in [3.05, 3.63) is 29.3 Å². The summed E-state index contributed by atoms with van der Waals surface area (Å²) in [6.07, 6.45) is 0.751. The first-order chi connectivity index (χ1) is 8.35. The number of thioether (sulfide) groups is 1. The van der Waals surface area contributed by atoms with Gasteiger partial charge in [0, 0.05) is 11.3 Å². The number of alkyl halides is 4. The summed E-state index contributed by atoms with van der Waals surface area (Å²) in [4.78, 5) is 11.4. The lowest BCUT2D eigenvalue weighted by Crippen LogP contribution is -2.07. The summed E-state index contributed by atoms with van der Waals surface area (Å²) in [7, 11) is 0. The van der Waals surface area contributed by atoms with Crippen LogP contribution in [0.25, 0.3) is 0 Å². The highest BCUT2D eigenvalue weighted by atomic mass is 35.5. The second-order valence-electron chi connectivity index (χ2n) is 3.68. The smallest absolute Gasteiger partial charge is 0.298 e. The molecule has 0 amide bonds. The van der Waals surface area contributed by atoms with Gasteiger partial charge < -0.3 is 0 Å². The van der Waals surface area contributed by atoms with Gasteiger partial charge in [-0.2, -0.15) is 13.2 Å². The number of aryl methyl sites for hydroxylation is 1. The molecule has 1 aromatic rings. The molecule has 0 aliphatic carbocycles. The first kappa shape index (κ1) is 15.4. The molecule has 0 radical (unpaired) electrons. The van der Waals surface area contributed by atoms with Gasteiger partial charge in [0.1, 0.15) is 0 Å². The van der Waals surface area contributed by atoms with Crippen LogP contribution in [0.3, 0.4) is 0 Å². The largest absolute Gasteiger partial charge is 0.446 e. The maximum Gasteiger partial charge on any atom is 0.446 e. The first-order valence-electron chi connectivity index (χ1n) is 5.31. The van der Waals surface area contributed by atoms with Crippen molar-refractivity contribution in [2.75, 3.05) is 5.88 Å². The van der Waals surface area contributed by atoms with Gasteiger partial charge in [-0.15, -0.1) is 11.6 Å². The van der Waals surface area contributed by atoms with Crippen LogP contribution in [-0.4, -0.2) is 17.2 Å². The molecule has 0 heterocycles. The zero-order valence-corrected chi connectivity index (χ0v) is 11.3. The van der Waals surface area contributed by atoms with Crippen molar-refractivity contribution in [2.45, 2.75) is 30.2 Å². The zero-order chi connectivity index (χ0) is 13.8. The van der Waals surface area contributed by atoms with Gasteiger partial charge >= 0.3 is 5.51 Å². The van der Waals surface area contributed by atoms with Gasteiger partial charge in [0.2, 0.25) is 0 Å². The van der Waals surface area contributed by atoms with Crippen molar-refractivity contribution in [3.63, 3.8) is 0 Å². The van der Waals surface area contributed by atoms with Crippen LogP contribution in [-0.2, 0) is 17.6 Å². The molecule has 1 aromatic carbocycles. The van der Waals surface area contributed by atoms with E-state index in [-0.39, 0.29) is 34.7 Å². The first-order valence-corrected chi connectivity index (χ1v) is 6.66. The Morgan fingerprint density at radius 1 is 1.33 bits per heavy atom. The van der Waals surface area contributed by atoms with Crippen LogP contribution >= 0.6 is 23.4 Å². The highest BCUT2D eigenvalue weighted by molar-refractivity contribution is 8.00. The fourth-order valence-electron chi connectivity index (χ4n) is 1.57. The number of rotatable bonds is 5. The van der Waals surface area contributed by atoms with E-state index in [1.807, 2.05) is 6.92 Å². The van der Waals surface area contributed by atoms with Crippen LogP contribution in [0.5, 0.6) is 0 Å². The molecule has 0 N–H and O–H groups in total. The summed E-state index contributed by atoms with van der Waals surface area (Å²) in [6.45, 7) is 1.89. The minimum absolute atomic E-state index is 0.0823. The SMILES string of the molecule is CCc1ccc(SC(F)(F)F)cc1CC(=O)CCl. The average Bonchev–Trinajstić information content (AvgIpc) is 2.27. The van der Waals surface area contributed by atoms with E-state index in [9.17, 15) is 18.0 Å². The molecule has 0 aromatic heterocycles. The fourth-order valence-corrected chi connectivity index (χ4v) is 2.27. The van der Waals surface area contributed by atoms with Crippen LogP contribution in [0.1, 0.15) is 18.1 Å². The van der Waals surface area contributed by atoms with E-state index in [0.717, 1.165) is 5.56 Å². The van der Waals surface area contributed by atoms with E-state index in [0.29, 0.717) is 12.0 Å². The number of benzene rings is 1. The van der Waals surface area contributed by atoms with Crippen LogP contribution in [0, 0.1) is 0 Å². The van der Waals surface area contributed by atoms with Gasteiger partial charge in [-0.3, -0.25) is 4.79 Å². The highest BCUT2D eigenvalue weighted by Gasteiger charge is 2.29. The van der Waals surface area contributed by atoms with E-state index in [4.69, 9.17) is 11.6 Å². The van der Waals surface area contributed by atoms with Crippen molar-refractivity contribution in [1.29, 1.82) is 0 Å². The molecule has 0 unspecified atom stereocenters. The summed E-state index contributed by atoms with van der Waals surface area (Å²) in [5.41, 5.74) is -2.82. The molecule has 0 saturated heterocycles. The molecule has 0 aliphatic heterocycles. The average molecular weight is 297 g/mol. The van der Waals surface area contributed by atoms with E-state index < -0.39 is 5.51 Å². The number of halogens is 4. The van der Waals surface area contributed by atoms with Crippen LogP contribution in [0.15, 0.2) is 23.1 Å². The second kappa shape index (κ2) is 6.48. The number of hydrogen-bond donors (Lipinski definition) is 0. The zero-order valence-electron chi connectivity index (χ0n) is 9.68. The van der Waals surface area contributed by atoms with Crippen molar-refractivity contribution < 1.29 is 18.0 Å². The van der Waals surface area contributed by atoms with Crippen LogP contribution < -0.4 is 0 Å². The van der Waals surface area contributed by atoms with Crippen molar-refractivity contribution in [2.24, 2.45) is 0 Å². The molecule has 0 bridgehead atoms. The molecule has 18 heavy (non-hydrogen) atoms. The number of carbonyl (C=O) groups excluding carboxylic acids is 1. The molecule has 0 atom stereocenters. The van der Waals surface area contributed by atoms with Gasteiger partial charge in [-0.05, 0) is 41.4 Å². The minimum atomic E-state index is -4.32. The molecule has 0 fully saturated rings. The Balaban J connectivity index is 2.98. The number of carbonyl (C=O) groups is 1. The second-order valence-corrected chi connectivity index (χ2v) is 5.09. The van der Waals surface area contributed by atoms with E-state index in [1.54, 1.807) is 6.07 Å². The van der Waals surface area contributed by atoms with E-state index in [1.165, 1.54) is 12.1 Å². The highest BCUT2D eigenvalue weighted by Crippen LogP contribution is 2.37. The Kier molecular flexibility index (Phi) is 5.53. The molecular formula is C12H12ClF3OS. The fraction of sp³-hybridized carbons (Fsp3) is 0.417. The monoisotopic (exact) mass is 296 g/mol. The third-order valence-corrected chi connectivity index (χ3v) is 3.35.